The van der Waals surface area contributed by atoms with Crippen molar-refractivity contribution >= 4 is 11.3 Å². The van der Waals surface area contributed by atoms with Gasteiger partial charge in [0.2, 0.25) is 5.79 Å². The summed E-state index contributed by atoms with van der Waals surface area (Å²) in [5.41, 5.74) is 4.17. The molecule has 1 aromatic heterocycles. The van der Waals surface area contributed by atoms with Crippen molar-refractivity contribution in [3.8, 4) is 10.4 Å². The van der Waals surface area contributed by atoms with E-state index in [0.29, 0.717) is 25.0 Å². The van der Waals surface area contributed by atoms with Crippen LogP contribution in [0.5, 0.6) is 0 Å². The molecule has 168 valence electrons. The highest BCUT2D eigenvalue weighted by Gasteiger charge is 2.54. The van der Waals surface area contributed by atoms with Crippen molar-refractivity contribution in [2.24, 2.45) is 0 Å². The van der Waals surface area contributed by atoms with Gasteiger partial charge in [0.25, 0.3) is 0 Å². The van der Waals surface area contributed by atoms with Gasteiger partial charge in [0, 0.05) is 39.8 Å². The van der Waals surface area contributed by atoms with Crippen molar-refractivity contribution in [3.05, 3.63) is 81.2 Å². The molecule has 0 amide bonds. The Bertz CT molecular complexity index is 1180. The summed E-state index contributed by atoms with van der Waals surface area (Å²) in [6, 6.07) is 11.4. The molecule has 1 fully saturated rings. The molecule has 2 aliphatic rings. The van der Waals surface area contributed by atoms with Crippen molar-refractivity contribution in [1.29, 1.82) is 0 Å². The first-order valence-corrected chi connectivity index (χ1v) is 11.4. The predicted molar refractivity (Wildman–Crippen MR) is 117 cm³/mol. The number of aryl methyl sites for hydroxylation is 1. The average molecular weight is 459 g/mol. The minimum atomic E-state index is -1.37. The standard InChI is InChI=1S/C25H24F2O4S/c1-13-7-16-12-30-25(24(29)22(28)8-14(2)31-25)20(16)10-15(13)9-18-4-6-23(32-18)19-5-3-17(26)11-21(19)27/h3-7,10-11,14,22,24,28-29H,8-9,12H2,1-2H3/t14-,22+,24?,25+/m1/s1. The van der Waals surface area contributed by atoms with Crippen molar-refractivity contribution in [2.75, 3.05) is 0 Å². The summed E-state index contributed by atoms with van der Waals surface area (Å²) in [6.07, 6.45) is -1.41. The van der Waals surface area contributed by atoms with Crippen molar-refractivity contribution in [1.82, 2.24) is 0 Å². The zero-order chi connectivity index (χ0) is 22.6. The number of hydrogen-bond acceptors (Lipinski definition) is 5. The van der Waals surface area contributed by atoms with Gasteiger partial charge < -0.3 is 19.7 Å². The van der Waals surface area contributed by atoms with E-state index in [9.17, 15) is 19.0 Å². The van der Waals surface area contributed by atoms with E-state index in [1.165, 1.54) is 23.5 Å². The van der Waals surface area contributed by atoms with E-state index in [0.717, 1.165) is 38.1 Å². The number of rotatable bonds is 3. The summed E-state index contributed by atoms with van der Waals surface area (Å²) in [5, 5.41) is 21.1. The molecule has 1 unspecified atom stereocenters. The molecule has 0 bridgehead atoms. The summed E-state index contributed by atoms with van der Waals surface area (Å²) in [6.45, 7) is 4.18. The Hall–Kier alpha value is -2.16. The Kier molecular flexibility index (Phi) is 5.42. The molecule has 0 saturated carbocycles. The lowest BCUT2D eigenvalue weighted by atomic mass is 9.87. The Morgan fingerprint density at radius 3 is 2.72 bits per heavy atom. The fourth-order valence-electron chi connectivity index (χ4n) is 4.69. The lowest BCUT2D eigenvalue weighted by Gasteiger charge is -2.43. The van der Waals surface area contributed by atoms with Crippen LogP contribution in [0, 0.1) is 18.6 Å². The minimum Gasteiger partial charge on any atom is -0.390 e. The van der Waals surface area contributed by atoms with Gasteiger partial charge in [0.15, 0.2) is 0 Å². The van der Waals surface area contributed by atoms with Crippen molar-refractivity contribution < 1.29 is 28.5 Å². The minimum absolute atomic E-state index is 0.255. The van der Waals surface area contributed by atoms with Gasteiger partial charge in [-0.3, -0.25) is 0 Å². The van der Waals surface area contributed by atoms with Crippen LogP contribution in [0.15, 0.2) is 42.5 Å². The highest BCUT2D eigenvalue weighted by molar-refractivity contribution is 7.15. The van der Waals surface area contributed by atoms with Crippen molar-refractivity contribution in [3.63, 3.8) is 0 Å². The van der Waals surface area contributed by atoms with Crippen LogP contribution >= 0.6 is 11.3 Å². The maximum absolute atomic E-state index is 14.2. The molecule has 5 rings (SSSR count). The summed E-state index contributed by atoms with van der Waals surface area (Å²) in [7, 11) is 0. The summed E-state index contributed by atoms with van der Waals surface area (Å²) < 4.78 is 39.4. The molecule has 1 spiro atoms. The normalized spacial score (nSPS) is 27.1. The van der Waals surface area contributed by atoms with Gasteiger partial charge in [-0.05, 0) is 60.9 Å². The molecule has 32 heavy (non-hydrogen) atoms. The first kappa shape index (κ1) is 21.7. The monoisotopic (exact) mass is 458 g/mol. The molecule has 4 atom stereocenters. The van der Waals surface area contributed by atoms with E-state index in [2.05, 4.69) is 0 Å². The number of aliphatic hydroxyl groups is 2. The van der Waals surface area contributed by atoms with Crippen LogP contribution in [0.25, 0.3) is 10.4 Å². The smallest absolute Gasteiger partial charge is 0.225 e. The molecule has 2 aliphatic heterocycles. The third-order valence-corrected chi connectivity index (χ3v) is 7.42. The SMILES string of the molecule is Cc1cc2c(cc1Cc1ccc(-c3ccc(F)cc3F)s1)[C@]1(OC2)O[C@H](C)C[C@H](O)C1O. The topological polar surface area (TPSA) is 58.9 Å². The van der Waals surface area contributed by atoms with Gasteiger partial charge in [-0.2, -0.15) is 0 Å². The van der Waals surface area contributed by atoms with Crippen LogP contribution in [-0.2, 0) is 28.3 Å². The predicted octanol–water partition coefficient (Wildman–Crippen LogP) is 4.81. The third-order valence-electron chi connectivity index (χ3n) is 6.31. The first-order chi connectivity index (χ1) is 15.3. The molecule has 0 aliphatic carbocycles. The largest absolute Gasteiger partial charge is 0.390 e. The highest BCUT2D eigenvalue weighted by Crippen LogP contribution is 2.46. The van der Waals surface area contributed by atoms with Gasteiger partial charge in [0.1, 0.15) is 17.7 Å². The van der Waals surface area contributed by atoms with Crippen LogP contribution in [0.4, 0.5) is 8.78 Å². The van der Waals surface area contributed by atoms with E-state index >= 15 is 0 Å². The number of thiophene rings is 1. The lowest BCUT2D eigenvalue weighted by Crippen LogP contribution is -2.55. The lowest BCUT2D eigenvalue weighted by molar-refractivity contribution is -0.342. The summed E-state index contributed by atoms with van der Waals surface area (Å²) >= 11 is 1.46. The Morgan fingerprint density at radius 2 is 1.94 bits per heavy atom. The second-order valence-electron chi connectivity index (χ2n) is 8.64. The molecular formula is C25H24F2O4S. The Labute approximate surface area is 189 Å². The second-order valence-corrected chi connectivity index (χ2v) is 9.80. The van der Waals surface area contributed by atoms with Gasteiger partial charge in [0.05, 0.1) is 18.8 Å². The molecule has 3 heterocycles. The van der Waals surface area contributed by atoms with Crippen LogP contribution in [-0.4, -0.2) is 28.5 Å². The zero-order valence-corrected chi connectivity index (χ0v) is 18.6. The van der Waals surface area contributed by atoms with E-state index in [4.69, 9.17) is 9.47 Å². The molecule has 2 N–H and O–H groups in total. The second kappa shape index (κ2) is 8.01. The maximum Gasteiger partial charge on any atom is 0.225 e. The van der Waals surface area contributed by atoms with Crippen LogP contribution < -0.4 is 0 Å². The van der Waals surface area contributed by atoms with Crippen LogP contribution in [0.2, 0.25) is 0 Å². The van der Waals surface area contributed by atoms with Gasteiger partial charge in [-0.1, -0.05) is 6.07 Å². The Morgan fingerprint density at radius 1 is 1.12 bits per heavy atom. The zero-order valence-electron chi connectivity index (χ0n) is 17.8. The van der Waals surface area contributed by atoms with Gasteiger partial charge >= 0.3 is 0 Å². The van der Waals surface area contributed by atoms with Crippen molar-refractivity contribution in [2.45, 2.75) is 57.4 Å². The molecule has 3 aromatic rings. The fraction of sp³-hybridized carbons (Fsp3) is 0.360. The van der Waals surface area contributed by atoms with E-state index in [1.54, 1.807) is 0 Å². The molecular weight excluding hydrogens is 434 g/mol. The van der Waals surface area contributed by atoms with Gasteiger partial charge in [-0.25, -0.2) is 8.78 Å². The van der Waals surface area contributed by atoms with Crippen LogP contribution in [0.1, 0.15) is 40.5 Å². The van der Waals surface area contributed by atoms with E-state index in [-0.39, 0.29) is 6.10 Å². The molecule has 7 heteroatoms. The average Bonchev–Trinajstić information content (AvgIpc) is 3.32. The highest BCUT2D eigenvalue weighted by atomic mass is 32.1. The quantitative estimate of drug-likeness (QED) is 0.592. The number of fused-ring (bicyclic) bond motifs is 2. The van der Waals surface area contributed by atoms with Gasteiger partial charge in [-0.15, -0.1) is 11.3 Å². The molecule has 1 saturated heterocycles. The first-order valence-electron chi connectivity index (χ1n) is 10.6. The molecule has 2 aromatic carbocycles. The summed E-state index contributed by atoms with van der Waals surface area (Å²) in [4.78, 5) is 1.76. The summed E-state index contributed by atoms with van der Waals surface area (Å²) in [5.74, 6) is -2.55. The van der Waals surface area contributed by atoms with Crippen LogP contribution in [0.3, 0.4) is 0 Å². The fourth-order valence-corrected chi connectivity index (χ4v) is 5.74. The number of halogens is 2. The van der Waals surface area contributed by atoms with E-state index in [1.807, 2.05) is 38.1 Å². The number of benzene rings is 2. The number of aliphatic hydroxyl groups excluding tert-OH is 2. The molecule has 4 nitrogen and oxygen atoms in total. The number of hydrogen-bond donors (Lipinski definition) is 2. The third kappa shape index (κ3) is 3.58. The maximum atomic E-state index is 14.2. The number of ether oxygens (including phenoxy) is 2. The molecule has 0 radical (unpaired) electrons. The van der Waals surface area contributed by atoms with E-state index < -0.39 is 29.6 Å². The Balaban J connectivity index is 1.47.